The number of ether oxygens (including phenoxy) is 3. The van der Waals surface area contributed by atoms with Gasteiger partial charge in [-0.2, -0.15) is 0 Å². The molecule has 5 heteroatoms. The van der Waals surface area contributed by atoms with Crippen LogP contribution in [0.3, 0.4) is 0 Å². The van der Waals surface area contributed by atoms with Gasteiger partial charge in [-0.3, -0.25) is 0 Å². The van der Waals surface area contributed by atoms with Gasteiger partial charge in [-0.1, -0.05) is 18.2 Å². The molecule has 0 atom stereocenters. The summed E-state index contributed by atoms with van der Waals surface area (Å²) in [6.07, 6.45) is 0. The maximum absolute atomic E-state index is 12.5. The van der Waals surface area contributed by atoms with Crippen LogP contribution < -0.4 is 9.47 Å². The second kappa shape index (κ2) is 8.64. The van der Waals surface area contributed by atoms with Gasteiger partial charge >= 0.3 is 5.97 Å². The zero-order valence-corrected chi connectivity index (χ0v) is 15.2. The van der Waals surface area contributed by atoms with Gasteiger partial charge in [0, 0.05) is 16.2 Å². The molecule has 0 aliphatic rings. The predicted molar refractivity (Wildman–Crippen MR) is 96.2 cm³/mol. The summed E-state index contributed by atoms with van der Waals surface area (Å²) in [6.45, 7) is 3.98. The molecule has 0 bridgehead atoms. The van der Waals surface area contributed by atoms with Crippen LogP contribution in [0.5, 0.6) is 11.5 Å². The molecule has 128 valence electrons. The molecule has 0 aromatic heterocycles. The number of thioether (sulfide) groups is 1. The summed E-state index contributed by atoms with van der Waals surface area (Å²) in [4.78, 5) is 13.6. The highest BCUT2D eigenvalue weighted by Crippen LogP contribution is 2.37. The van der Waals surface area contributed by atoms with Crippen molar-refractivity contribution in [3.8, 4) is 11.5 Å². The van der Waals surface area contributed by atoms with Crippen molar-refractivity contribution in [3.63, 3.8) is 0 Å². The summed E-state index contributed by atoms with van der Waals surface area (Å²) in [5.41, 5.74) is 2.10. The van der Waals surface area contributed by atoms with Gasteiger partial charge in [-0.25, -0.2) is 4.79 Å². The Balaban J connectivity index is 2.44. The van der Waals surface area contributed by atoms with Crippen LogP contribution >= 0.6 is 11.8 Å². The molecule has 2 aromatic rings. The number of hydrogen-bond donors (Lipinski definition) is 0. The van der Waals surface area contributed by atoms with Crippen LogP contribution in [0.4, 0.5) is 0 Å². The van der Waals surface area contributed by atoms with E-state index in [9.17, 15) is 4.79 Å². The first-order valence-electron chi connectivity index (χ1n) is 7.71. The zero-order valence-electron chi connectivity index (χ0n) is 14.4. The normalized spacial score (nSPS) is 10.3. The van der Waals surface area contributed by atoms with Crippen molar-refractivity contribution in [3.05, 3.63) is 53.1 Å². The molecule has 0 heterocycles. The fourth-order valence-electron chi connectivity index (χ4n) is 2.47. The van der Waals surface area contributed by atoms with Crippen molar-refractivity contribution in [2.45, 2.75) is 24.5 Å². The van der Waals surface area contributed by atoms with E-state index in [4.69, 9.17) is 14.2 Å². The average molecular weight is 346 g/mol. The third kappa shape index (κ3) is 4.03. The Bertz CT molecular complexity index is 698. The van der Waals surface area contributed by atoms with E-state index in [0.717, 1.165) is 16.0 Å². The van der Waals surface area contributed by atoms with Gasteiger partial charge < -0.3 is 14.2 Å². The van der Waals surface area contributed by atoms with E-state index < -0.39 is 0 Å². The van der Waals surface area contributed by atoms with Crippen LogP contribution in [0, 0.1) is 6.92 Å². The fourth-order valence-corrected chi connectivity index (χ4v) is 3.37. The number of benzene rings is 2. The molecule has 0 saturated carbocycles. The minimum Gasteiger partial charge on any atom is -0.496 e. The Kier molecular flexibility index (Phi) is 6.55. The third-order valence-corrected chi connectivity index (χ3v) is 4.67. The van der Waals surface area contributed by atoms with Crippen LogP contribution in [0.2, 0.25) is 0 Å². The highest BCUT2D eigenvalue weighted by atomic mass is 32.2. The van der Waals surface area contributed by atoms with E-state index in [1.54, 1.807) is 32.9 Å². The Morgan fingerprint density at radius 2 is 1.83 bits per heavy atom. The van der Waals surface area contributed by atoms with Crippen LogP contribution in [0.25, 0.3) is 0 Å². The molecule has 0 radical (unpaired) electrons. The van der Waals surface area contributed by atoms with E-state index >= 15 is 0 Å². The lowest BCUT2D eigenvalue weighted by atomic mass is 10.0. The first-order chi connectivity index (χ1) is 11.6. The summed E-state index contributed by atoms with van der Waals surface area (Å²) in [7, 11) is 3.17. The summed E-state index contributed by atoms with van der Waals surface area (Å²) < 4.78 is 16.1. The minimum atomic E-state index is -0.372. The van der Waals surface area contributed by atoms with Crippen molar-refractivity contribution in [2.75, 3.05) is 20.8 Å². The van der Waals surface area contributed by atoms with Crippen LogP contribution in [0.1, 0.15) is 28.4 Å². The molecule has 0 aliphatic carbocycles. The first-order valence-corrected chi connectivity index (χ1v) is 8.70. The highest BCUT2D eigenvalue weighted by Gasteiger charge is 2.23. The number of carbonyl (C=O) groups excluding carboxylic acids is 1. The van der Waals surface area contributed by atoms with Crippen LogP contribution in [-0.2, 0) is 10.5 Å². The maximum atomic E-state index is 12.5. The molecule has 0 aliphatic heterocycles. The van der Waals surface area contributed by atoms with Crippen molar-refractivity contribution in [1.29, 1.82) is 0 Å². The van der Waals surface area contributed by atoms with E-state index in [1.165, 1.54) is 0 Å². The average Bonchev–Trinajstić information content (AvgIpc) is 2.61. The van der Waals surface area contributed by atoms with E-state index in [0.29, 0.717) is 29.4 Å². The molecule has 0 saturated heterocycles. The monoisotopic (exact) mass is 346 g/mol. The highest BCUT2D eigenvalue weighted by molar-refractivity contribution is 7.98. The third-order valence-electron chi connectivity index (χ3n) is 3.60. The Hall–Kier alpha value is -2.14. The number of methoxy groups -OCH3 is 2. The minimum absolute atomic E-state index is 0.318. The molecular formula is C19H22O4S. The number of esters is 1. The molecule has 24 heavy (non-hydrogen) atoms. The van der Waals surface area contributed by atoms with Gasteiger partial charge in [0.2, 0.25) is 0 Å². The molecule has 0 spiro atoms. The largest absolute Gasteiger partial charge is 0.496 e. The predicted octanol–water partition coefficient (Wildman–Crippen LogP) is 4.48. The van der Waals surface area contributed by atoms with Crippen LogP contribution in [0.15, 0.2) is 41.3 Å². The maximum Gasteiger partial charge on any atom is 0.342 e. The van der Waals surface area contributed by atoms with E-state index in [2.05, 4.69) is 0 Å². The van der Waals surface area contributed by atoms with Crippen molar-refractivity contribution < 1.29 is 19.0 Å². The summed E-state index contributed by atoms with van der Waals surface area (Å²) >= 11 is 1.65. The zero-order chi connectivity index (χ0) is 17.5. The molecule has 0 fully saturated rings. The Morgan fingerprint density at radius 1 is 1.12 bits per heavy atom. The standard InChI is InChI=1S/C19H22O4S/c1-5-23-19(20)17-14(12-24-15-9-7-6-8-10-15)11-16(21-3)13(2)18(17)22-4/h6-11H,5,12H2,1-4H3. The lowest BCUT2D eigenvalue weighted by Gasteiger charge is -2.18. The lowest BCUT2D eigenvalue weighted by Crippen LogP contribution is -2.11. The second-order valence-electron chi connectivity index (χ2n) is 5.09. The SMILES string of the molecule is CCOC(=O)c1c(CSc2ccccc2)cc(OC)c(C)c1OC. The topological polar surface area (TPSA) is 44.8 Å². The molecule has 0 amide bonds. The number of hydrogen-bond acceptors (Lipinski definition) is 5. The Labute approximate surface area is 147 Å². The number of carbonyl (C=O) groups is 1. The van der Waals surface area contributed by atoms with Gasteiger partial charge in [0.15, 0.2) is 0 Å². The smallest absolute Gasteiger partial charge is 0.342 e. The van der Waals surface area contributed by atoms with Crippen molar-refractivity contribution >= 4 is 17.7 Å². The summed E-state index contributed by atoms with van der Waals surface area (Å²) in [5.74, 6) is 1.45. The number of rotatable bonds is 7. The molecule has 2 rings (SSSR count). The van der Waals surface area contributed by atoms with E-state index in [-0.39, 0.29) is 5.97 Å². The van der Waals surface area contributed by atoms with Gasteiger partial charge in [0.05, 0.1) is 20.8 Å². The van der Waals surface area contributed by atoms with E-state index in [1.807, 2.05) is 43.3 Å². The molecule has 4 nitrogen and oxygen atoms in total. The van der Waals surface area contributed by atoms with Gasteiger partial charge in [-0.15, -0.1) is 11.8 Å². The molecule has 0 N–H and O–H groups in total. The Morgan fingerprint density at radius 3 is 2.42 bits per heavy atom. The summed E-state index contributed by atoms with van der Waals surface area (Å²) in [5, 5.41) is 0. The summed E-state index contributed by atoms with van der Waals surface area (Å²) in [6, 6.07) is 11.9. The van der Waals surface area contributed by atoms with Gasteiger partial charge in [0.1, 0.15) is 17.1 Å². The van der Waals surface area contributed by atoms with Crippen LogP contribution in [-0.4, -0.2) is 26.8 Å². The van der Waals surface area contributed by atoms with Gasteiger partial charge in [-0.05, 0) is 37.6 Å². The quantitative estimate of drug-likeness (QED) is 0.546. The molecule has 2 aromatic carbocycles. The fraction of sp³-hybridized carbons (Fsp3) is 0.316. The lowest BCUT2D eigenvalue weighted by molar-refractivity contribution is 0.0521. The second-order valence-corrected chi connectivity index (χ2v) is 6.14. The molecule has 0 unspecified atom stereocenters. The van der Waals surface area contributed by atoms with Crippen molar-refractivity contribution in [1.82, 2.24) is 0 Å². The molecular weight excluding hydrogens is 324 g/mol. The van der Waals surface area contributed by atoms with Crippen molar-refractivity contribution in [2.24, 2.45) is 0 Å². The first kappa shape index (κ1) is 18.2. The van der Waals surface area contributed by atoms with Gasteiger partial charge in [0.25, 0.3) is 0 Å².